The predicted octanol–water partition coefficient (Wildman–Crippen LogP) is 7.42. The average Bonchev–Trinajstić information content (AvgIpc) is 3.10. The van der Waals surface area contributed by atoms with E-state index in [9.17, 15) is 26.7 Å². The van der Waals surface area contributed by atoms with Gasteiger partial charge in [0.25, 0.3) is 5.91 Å². The van der Waals surface area contributed by atoms with Crippen LogP contribution in [0.3, 0.4) is 0 Å². The minimum Gasteiger partial charge on any atom is -0.434 e. The summed E-state index contributed by atoms with van der Waals surface area (Å²) in [5.41, 5.74) is -1.75. The lowest BCUT2D eigenvalue weighted by Crippen LogP contribution is -2.34. The van der Waals surface area contributed by atoms with Gasteiger partial charge in [0, 0.05) is 19.2 Å². The Hall–Kier alpha value is -2.36. The summed E-state index contributed by atoms with van der Waals surface area (Å²) in [5, 5.41) is 7.01. The number of hydrogen-bond donors (Lipinski definition) is 1. The minimum atomic E-state index is -4.49. The van der Waals surface area contributed by atoms with E-state index < -0.39 is 30.5 Å². The molecule has 5 nitrogen and oxygen atoms in total. The van der Waals surface area contributed by atoms with Crippen molar-refractivity contribution in [1.82, 2.24) is 15.1 Å². The van der Waals surface area contributed by atoms with E-state index in [4.69, 9.17) is 11.6 Å². The quantitative estimate of drug-likeness (QED) is 0.331. The number of nitrogens with zero attached hydrogens (tertiary/aromatic N) is 2. The summed E-state index contributed by atoms with van der Waals surface area (Å²) in [4.78, 5) is 12.9. The first kappa shape index (κ1) is 29.2. The number of nitrogens with one attached hydrogen (secondary N) is 1. The lowest BCUT2D eigenvalue weighted by molar-refractivity contribution is -0.211. The number of ether oxygens (including phenoxy) is 1. The largest absolute Gasteiger partial charge is 0.434 e. The number of hydrogen-bond acceptors (Lipinski definition) is 3. The van der Waals surface area contributed by atoms with Gasteiger partial charge in [0.15, 0.2) is 5.69 Å². The van der Waals surface area contributed by atoms with Gasteiger partial charge in [0.1, 0.15) is 5.75 Å². The van der Waals surface area contributed by atoms with Crippen LogP contribution in [-0.4, -0.2) is 35.0 Å². The number of carbonyl (C=O) groups excluding carboxylic acids is 1. The maximum atomic E-state index is 13.4. The molecule has 1 N–H and O–H groups in total. The molecule has 0 unspecified atom stereocenters. The molecule has 1 aromatic carbocycles. The van der Waals surface area contributed by atoms with Crippen LogP contribution >= 0.6 is 11.6 Å². The van der Waals surface area contributed by atoms with Gasteiger partial charge in [-0.15, -0.1) is 0 Å². The van der Waals surface area contributed by atoms with Crippen LogP contribution in [0.5, 0.6) is 5.75 Å². The highest BCUT2D eigenvalue weighted by Gasteiger charge is 2.47. The topological polar surface area (TPSA) is 56.2 Å². The van der Waals surface area contributed by atoms with Crippen LogP contribution in [0, 0.1) is 17.3 Å². The molecule has 0 spiro atoms. The summed E-state index contributed by atoms with van der Waals surface area (Å²) in [6, 6.07) is 3.90. The van der Waals surface area contributed by atoms with Crippen LogP contribution in [0.2, 0.25) is 5.02 Å². The molecule has 1 aromatic heterocycles. The molecule has 0 atom stereocenters. The van der Waals surface area contributed by atoms with Gasteiger partial charge in [0.2, 0.25) is 0 Å². The summed E-state index contributed by atoms with van der Waals surface area (Å²) >= 11 is 6.50. The highest BCUT2D eigenvalue weighted by Crippen LogP contribution is 2.43. The highest BCUT2D eigenvalue weighted by atomic mass is 35.5. The molecule has 2 aromatic rings. The maximum Gasteiger partial charge on any atom is 0.394 e. The molecule has 1 fully saturated rings. The highest BCUT2D eigenvalue weighted by molar-refractivity contribution is 6.36. The molecule has 37 heavy (non-hydrogen) atoms. The Labute approximate surface area is 218 Å². The van der Waals surface area contributed by atoms with E-state index in [1.165, 1.54) is 23.9 Å². The smallest absolute Gasteiger partial charge is 0.394 e. The third-order valence-electron chi connectivity index (χ3n) is 7.23. The Morgan fingerprint density at radius 2 is 1.81 bits per heavy atom. The molecule has 0 aliphatic heterocycles. The van der Waals surface area contributed by atoms with Crippen molar-refractivity contribution in [3.8, 4) is 17.0 Å². The first-order valence-electron chi connectivity index (χ1n) is 12.4. The molecule has 0 radical (unpaired) electrons. The van der Waals surface area contributed by atoms with E-state index >= 15 is 0 Å². The van der Waals surface area contributed by atoms with Gasteiger partial charge < -0.3 is 10.1 Å². The summed E-state index contributed by atoms with van der Waals surface area (Å²) in [5.74, 6) is 0.267. The standard InChI is InChI=1S/C26H33ClF5N3O2/c1-5-15-6-8-16(9-7-15)14-33-23(36)21-20(27)22(35(4)34-21)18-11-10-17(12-19(18)37-24(28)29)13-25(2,3)26(30,31)32/h10-12,15-16,24H,5-9,13-14H2,1-4H3,(H,33,36). The Morgan fingerprint density at radius 1 is 1.19 bits per heavy atom. The molecule has 1 heterocycles. The first-order valence-corrected chi connectivity index (χ1v) is 12.8. The summed E-state index contributed by atoms with van der Waals surface area (Å²) in [7, 11) is 1.50. The van der Waals surface area contributed by atoms with Gasteiger partial charge in [-0.1, -0.05) is 57.7 Å². The number of aromatic nitrogens is 2. The molecule has 1 amide bonds. The van der Waals surface area contributed by atoms with Gasteiger partial charge in [-0.3, -0.25) is 9.48 Å². The Balaban J connectivity index is 1.84. The van der Waals surface area contributed by atoms with E-state index in [1.54, 1.807) is 0 Å². The first-order chi connectivity index (χ1) is 17.2. The molecule has 1 saturated carbocycles. The number of aryl methyl sites for hydroxylation is 1. The molecular weight excluding hydrogens is 517 g/mol. The Bertz CT molecular complexity index is 1090. The summed E-state index contributed by atoms with van der Waals surface area (Å²) in [6.45, 7) is 1.52. The van der Waals surface area contributed by atoms with E-state index in [0.717, 1.165) is 57.9 Å². The maximum absolute atomic E-state index is 13.4. The monoisotopic (exact) mass is 549 g/mol. The van der Waals surface area contributed by atoms with Crippen molar-refractivity contribution in [2.45, 2.75) is 72.1 Å². The third kappa shape index (κ3) is 6.94. The zero-order valence-corrected chi connectivity index (χ0v) is 22.1. The van der Waals surface area contributed by atoms with Crippen molar-refractivity contribution in [2.75, 3.05) is 6.54 Å². The van der Waals surface area contributed by atoms with Crippen molar-refractivity contribution < 1.29 is 31.5 Å². The fourth-order valence-corrected chi connectivity index (χ4v) is 5.12. The molecular formula is C26H33ClF5N3O2. The number of halogens is 6. The van der Waals surface area contributed by atoms with E-state index in [0.29, 0.717) is 12.5 Å². The van der Waals surface area contributed by atoms with Crippen LogP contribution in [-0.2, 0) is 13.5 Å². The van der Waals surface area contributed by atoms with Gasteiger partial charge in [-0.25, -0.2) is 0 Å². The zero-order chi connectivity index (χ0) is 27.5. The van der Waals surface area contributed by atoms with Gasteiger partial charge in [-0.2, -0.15) is 27.1 Å². The number of amides is 1. The van der Waals surface area contributed by atoms with Crippen LogP contribution in [0.4, 0.5) is 22.0 Å². The third-order valence-corrected chi connectivity index (χ3v) is 7.59. The Morgan fingerprint density at radius 3 is 2.38 bits per heavy atom. The van der Waals surface area contributed by atoms with Gasteiger partial charge >= 0.3 is 12.8 Å². The summed E-state index contributed by atoms with van der Waals surface area (Å²) in [6.07, 6.45) is 0.562. The lowest BCUT2D eigenvalue weighted by atomic mass is 9.81. The molecule has 1 aliphatic rings. The van der Waals surface area contributed by atoms with Crippen LogP contribution in [0.1, 0.15) is 68.9 Å². The second-order valence-corrected chi connectivity index (χ2v) is 10.8. The number of alkyl halides is 5. The molecule has 11 heteroatoms. The molecule has 206 valence electrons. The van der Waals surface area contributed by atoms with Crippen molar-refractivity contribution in [1.29, 1.82) is 0 Å². The van der Waals surface area contributed by atoms with Gasteiger partial charge in [-0.05, 0) is 48.8 Å². The number of carbonyl (C=O) groups is 1. The fourth-order valence-electron chi connectivity index (χ4n) is 4.78. The van der Waals surface area contributed by atoms with Crippen LogP contribution in [0.25, 0.3) is 11.3 Å². The lowest BCUT2D eigenvalue weighted by Gasteiger charge is -2.28. The summed E-state index contributed by atoms with van der Waals surface area (Å²) < 4.78 is 72.4. The molecule has 0 bridgehead atoms. The van der Waals surface area contributed by atoms with Crippen molar-refractivity contribution in [3.63, 3.8) is 0 Å². The fraction of sp³-hybridized carbons (Fsp3) is 0.615. The second-order valence-electron chi connectivity index (χ2n) is 10.4. The number of rotatable bonds is 9. The van der Waals surface area contributed by atoms with Gasteiger partial charge in [0.05, 0.1) is 16.1 Å². The van der Waals surface area contributed by atoms with Crippen molar-refractivity contribution in [2.24, 2.45) is 24.3 Å². The normalized spacial score (nSPS) is 18.8. The van der Waals surface area contributed by atoms with Crippen molar-refractivity contribution >= 4 is 17.5 Å². The molecule has 0 saturated heterocycles. The molecule has 1 aliphatic carbocycles. The Kier molecular flexibility index (Phi) is 9.14. The van der Waals surface area contributed by atoms with E-state index in [2.05, 4.69) is 22.1 Å². The number of benzene rings is 1. The van der Waals surface area contributed by atoms with Crippen LogP contribution in [0.15, 0.2) is 18.2 Å². The second kappa shape index (κ2) is 11.6. The molecule has 3 rings (SSSR count). The predicted molar refractivity (Wildman–Crippen MR) is 132 cm³/mol. The average molecular weight is 550 g/mol. The van der Waals surface area contributed by atoms with E-state index in [-0.39, 0.29) is 33.3 Å². The zero-order valence-electron chi connectivity index (χ0n) is 21.4. The van der Waals surface area contributed by atoms with Crippen LogP contribution < -0.4 is 10.1 Å². The van der Waals surface area contributed by atoms with Crippen molar-refractivity contribution in [3.05, 3.63) is 34.5 Å². The SMILES string of the molecule is CCC1CCC(CNC(=O)c2nn(C)c(-c3ccc(CC(C)(C)C(F)(F)F)cc3OC(F)F)c2Cl)CC1. The van der Waals surface area contributed by atoms with E-state index in [1.807, 2.05) is 0 Å². The minimum absolute atomic E-state index is 0.0582.